The molecule has 0 heterocycles. The molecule has 0 bridgehead atoms. The van der Waals surface area contributed by atoms with Crippen molar-refractivity contribution >= 4 is 5.69 Å². The number of ether oxygens (including phenoxy) is 1. The second-order valence-corrected chi connectivity index (χ2v) is 2.72. The number of hydrogen-bond donors (Lipinski definition) is 1. The number of methoxy groups -OCH3 is 1. The smallest absolute Gasteiger partial charge is 0.275 e. The molecule has 1 atom stereocenters. The number of hydrogen-bond acceptors (Lipinski definition) is 4. The van der Waals surface area contributed by atoms with Gasteiger partial charge in [-0.2, -0.15) is 0 Å². The molecule has 0 aliphatic carbocycles. The standard InChI is InChI=1S/C9H11NO4/c1-14-9(6-11)7-4-2-3-5-8(7)10(12)13/h2-5,9,11H,6H2,1H3. The Balaban J connectivity index is 3.11. The minimum Gasteiger partial charge on any atom is -0.393 e. The molecule has 1 aromatic carbocycles. The van der Waals surface area contributed by atoms with E-state index in [1.807, 2.05) is 0 Å². The van der Waals surface area contributed by atoms with E-state index in [4.69, 9.17) is 9.84 Å². The topological polar surface area (TPSA) is 72.6 Å². The van der Waals surface area contributed by atoms with Gasteiger partial charge in [-0.15, -0.1) is 0 Å². The van der Waals surface area contributed by atoms with Crippen LogP contribution in [0.2, 0.25) is 0 Å². The zero-order valence-corrected chi connectivity index (χ0v) is 7.71. The van der Waals surface area contributed by atoms with Crippen LogP contribution in [-0.2, 0) is 4.74 Å². The summed E-state index contributed by atoms with van der Waals surface area (Å²) in [5.41, 5.74) is 0.357. The van der Waals surface area contributed by atoms with Crippen LogP contribution in [0.15, 0.2) is 24.3 Å². The summed E-state index contributed by atoms with van der Waals surface area (Å²) >= 11 is 0. The number of para-hydroxylation sites is 1. The van der Waals surface area contributed by atoms with Crippen molar-refractivity contribution in [2.45, 2.75) is 6.10 Å². The number of nitrogens with zero attached hydrogens (tertiary/aromatic N) is 1. The lowest BCUT2D eigenvalue weighted by Gasteiger charge is -2.12. The Hall–Kier alpha value is -1.46. The molecule has 76 valence electrons. The molecule has 5 heteroatoms. The average molecular weight is 197 g/mol. The quantitative estimate of drug-likeness (QED) is 0.582. The fraction of sp³-hybridized carbons (Fsp3) is 0.333. The third-order valence-electron chi connectivity index (χ3n) is 1.93. The Morgan fingerprint density at radius 2 is 2.21 bits per heavy atom. The molecule has 1 unspecified atom stereocenters. The van der Waals surface area contributed by atoms with Gasteiger partial charge in [0, 0.05) is 13.2 Å². The predicted octanol–water partition coefficient (Wildman–Crippen LogP) is 1.27. The molecular formula is C9H11NO4. The summed E-state index contributed by atoms with van der Waals surface area (Å²) < 4.78 is 4.92. The molecule has 0 fully saturated rings. The highest BCUT2D eigenvalue weighted by atomic mass is 16.6. The Bertz CT molecular complexity index is 322. The molecule has 0 aliphatic rings. The maximum atomic E-state index is 10.6. The third kappa shape index (κ3) is 2.07. The summed E-state index contributed by atoms with van der Waals surface area (Å²) in [6.07, 6.45) is -0.642. The van der Waals surface area contributed by atoms with Gasteiger partial charge in [0.15, 0.2) is 0 Å². The van der Waals surface area contributed by atoms with E-state index in [1.165, 1.54) is 13.2 Å². The normalized spacial score (nSPS) is 12.4. The Kier molecular flexibility index (Phi) is 3.55. The first-order valence-electron chi connectivity index (χ1n) is 4.07. The summed E-state index contributed by atoms with van der Waals surface area (Å²) in [7, 11) is 1.40. The number of rotatable bonds is 4. The van der Waals surface area contributed by atoms with Crippen molar-refractivity contribution in [3.63, 3.8) is 0 Å². The number of benzene rings is 1. The number of nitro groups is 1. The van der Waals surface area contributed by atoms with Gasteiger partial charge < -0.3 is 9.84 Å². The Labute approximate surface area is 81.1 Å². The van der Waals surface area contributed by atoms with Gasteiger partial charge in [-0.05, 0) is 6.07 Å². The lowest BCUT2D eigenvalue weighted by atomic mass is 10.1. The monoisotopic (exact) mass is 197 g/mol. The minimum absolute atomic E-state index is 0.0339. The first kappa shape index (κ1) is 10.6. The second-order valence-electron chi connectivity index (χ2n) is 2.72. The van der Waals surface area contributed by atoms with Crippen molar-refractivity contribution in [3.05, 3.63) is 39.9 Å². The van der Waals surface area contributed by atoms with Crippen LogP contribution in [0.3, 0.4) is 0 Å². The number of aliphatic hydroxyl groups excluding tert-OH is 1. The zero-order chi connectivity index (χ0) is 10.6. The summed E-state index contributed by atoms with van der Waals surface area (Å²) in [6, 6.07) is 6.20. The van der Waals surface area contributed by atoms with Crippen molar-refractivity contribution in [3.8, 4) is 0 Å². The van der Waals surface area contributed by atoms with Gasteiger partial charge in [0.2, 0.25) is 0 Å². The molecule has 0 aliphatic heterocycles. The lowest BCUT2D eigenvalue weighted by molar-refractivity contribution is -0.386. The molecule has 0 saturated carbocycles. The van der Waals surface area contributed by atoms with Gasteiger partial charge in [0.05, 0.1) is 17.1 Å². The van der Waals surface area contributed by atoms with Crippen molar-refractivity contribution < 1.29 is 14.8 Å². The van der Waals surface area contributed by atoms with Crippen LogP contribution in [0.5, 0.6) is 0 Å². The van der Waals surface area contributed by atoms with Crippen molar-refractivity contribution in [1.82, 2.24) is 0 Å². The van der Waals surface area contributed by atoms with Gasteiger partial charge in [0.1, 0.15) is 6.10 Å². The van der Waals surface area contributed by atoms with Crippen molar-refractivity contribution in [2.75, 3.05) is 13.7 Å². The fourth-order valence-electron chi connectivity index (χ4n) is 1.23. The average Bonchev–Trinajstić information content (AvgIpc) is 2.20. The SMILES string of the molecule is COC(CO)c1ccccc1[N+](=O)[O-]. The van der Waals surface area contributed by atoms with E-state index in [0.29, 0.717) is 5.56 Å². The molecule has 0 spiro atoms. The molecular weight excluding hydrogens is 186 g/mol. The van der Waals surface area contributed by atoms with Gasteiger partial charge >= 0.3 is 0 Å². The highest BCUT2D eigenvalue weighted by Crippen LogP contribution is 2.26. The summed E-state index contributed by atoms with van der Waals surface area (Å²) in [6.45, 7) is -0.276. The molecule has 5 nitrogen and oxygen atoms in total. The molecule has 0 saturated heterocycles. The zero-order valence-electron chi connectivity index (χ0n) is 7.71. The van der Waals surface area contributed by atoms with Gasteiger partial charge in [-0.1, -0.05) is 12.1 Å². The maximum Gasteiger partial charge on any atom is 0.275 e. The van der Waals surface area contributed by atoms with E-state index in [0.717, 1.165) is 0 Å². The van der Waals surface area contributed by atoms with Crippen LogP contribution in [0.4, 0.5) is 5.69 Å². The van der Waals surface area contributed by atoms with E-state index in [9.17, 15) is 10.1 Å². The van der Waals surface area contributed by atoms with E-state index in [1.54, 1.807) is 18.2 Å². The Morgan fingerprint density at radius 3 is 2.71 bits per heavy atom. The fourth-order valence-corrected chi connectivity index (χ4v) is 1.23. The molecule has 0 radical (unpaired) electrons. The van der Waals surface area contributed by atoms with Crippen LogP contribution in [-0.4, -0.2) is 23.7 Å². The van der Waals surface area contributed by atoms with Gasteiger partial charge in [0.25, 0.3) is 5.69 Å². The summed E-state index contributed by atoms with van der Waals surface area (Å²) in [5, 5.41) is 19.6. The Morgan fingerprint density at radius 1 is 1.57 bits per heavy atom. The van der Waals surface area contributed by atoms with Gasteiger partial charge in [-0.3, -0.25) is 10.1 Å². The predicted molar refractivity (Wildman–Crippen MR) is 49.9 cm³/mol. The van der Waals surface area contributed by atoms with Crippen LogP contribution in [0, 0.1) is 10.1 Å². The van der Waals surface area contributed by atoms with E-state index in [2.05, 4.69) is 0 Å². The minimum atomic E-state index is -0.642. The lowest BCUT2D eigenvalue weighted by Crippen LogP contribution is -2.08. The molecule has 1 rings (SSSR count). The van der Waals surface area contributed by atoms with Crippen LogP contribution < -0.4 is 0 Å². The molecule has 14 heavy (non-hydrogen) atoms. The van der Waals surface area contributed by atoms with E-state index >= 15 is 0 Å². The molecule has 0 aromatic heterocycles. The number of aliphatic hydroxyl groups is 1. The van der Waals surface area contributed by atoms with Crippen molar-refractivity contribution in [1.29, 1.82) is 0 Å². The van der Waals surface area contributed by atoms with Crippen molar-refractivity contribution in [2.24, 2.45) is 0 Å². The van der Waals surface area contributed by atoms with Gasteiger partial charge in [-0.25, -0.2) is 0 Å². The first-order chi connectivity index (χ1) is 6.70. The number of nitro benzene ring substituents is 1. The van der Waals surface area contributed by atoms with Crippen LogP contribution >= 0.6 is 0 Å². The van der Waals surface area contributed by atoms with Crippen LogP contribution in [0.1, 0.15) is 11.7 Å². The first-order valence-corrected chi connectivity index (χ1v) is 4.07. The molecule has 1 aromatic rings. The highest BCUT2D eigenvalue weighted by molar-refractivity contribution is 5.41. The van der Waals surface area contributed by atoms with E-state index in [-0.39, 0.29) is 12.3 Å². The maximum absolute atomic E-state index is 10.6. The summed E-state index contributed by atoms with van der Waals surface area (Å²) in [5.74, 6) is 0. The third-order valence-corrected chi connectivity index (χ3v) is 1.93. The summed E-state index contributed by atoms with van der Waals surface area (Å²) in [4.78, 5) is 10.1. The largest absolute Gasteiger partial charge is 0.393 e. The van der Waals surface area contributed by atoms with E-state index < -0.39 is 11.0 Å². The molecule has 0 amide bonds. The second kappa shape index (κ2) is 4.69. The molecule has 1 N–H and O–H groups in total. The van der Waals surface area contributed by atoms with Crippen LogP contribution in [0.25, 0.3) is 0 Å². The highest BCUT2D eigenvalue weighted by Gasteiger charge is 2.20.